The highest BCUT2D eigenvalue weighted by Crippen LogP contribution is 2.24. The average molecular weight is 489 g/mol. The molecule has 2 aromatic carbocycles. The summed E-state index contributed by atoms with van der Waals surface area (Å²) in [4.78, 5) is 28.1. The van der Waals surface area contributed by atoms with Crippen LogP contribution in [0.25, 0.3) is 0 Å². The first kappa shape index (κ1) is 25.6. The van der Waals surface area contributed by atoms with Gasteiger partial charge in [0.2, 0.25) is 11.8 Å². The van der Waals surface area contributed by atoms with Crippen LogP contribution in [-0.4, -0.2) is 28.8 Å². The number of nitrogens with one attached hydrogen (secondary N) is 1. The Morgan fingerprint density at radius 3 is 2.33 bits per heavy atom. The molecule has 6 heteroatoms. The fourth-order valence-electron chi connectivity index (χ4n) is 4.32. The summed E-state index contributed by atoms with van der Waals surface area (Å²) in [5, 5.41) is 4.20. The third-order valence-corrected chi connectivity index (χ3v) is 7.12. The Kier molecular flexibility index (Phi) is 9.64. The summed E-state index contributed by atoms with van der Waals surface area (Å²) in [7, 11) is 0. The molecule has 33 heavy (non-hydrogen) atoms. The van der Waals surface area contributed by atoms with Gasteiger partial charge < -0.3 is 10.2 Å². The number of hydrogen-bond acceptors (Lipinski definition) is 2. The molecule has 1 fully saturated rings. The largest absolute Gasteiger partial charge is 0.352 e. The molecule has 0 unspecified atom stereocenters. The molecular formula is C27H34Cl2N2O2. The minimum atomic E-state index is -0.589. The summed E-state index contributed by atoms with van der Waals surface area (Å²) in [5.74, 6) is -0.167. The fraction of sp³-hybridized carbons (Fsp3) is 0.481. The lowest BCUT2D eigenvalue weighted by molar-refractivity contribution is -0.141. The standard InChI is InChI=1S/C27H34Cl2N2O2/c1-3-20-9-11-21(12-10-20)13-16-26(32)31(18-22-14-15-23(28)17-25(22)29)19(2)27(33)30-24-7-5-4-6-8-24/h9-12,14-15,17,19,24H,3-8,13,16,18H2,1-2H3,(H,30,33)/t19-/m1/s1. The lowest BCUT2D eigenvalue weighted by Crippen LogP contribution is -2.50. The van der Waals surface area contributed by atoms with Crippen molar-refractivity contribution < 1.29 is 9.59 Å². The molecule has 4 nitrogen and oxygen atoms in total. The highest BCUT2D eigenvalue weighted by molar-refractivity contribution is 6.35. The normalized spacial score (nSPS) is 15.2. The zero-order chi connectivity index (χ0) is 23.8. The Hall–Kier alpha value is -2.04. The summed E-state index contributed by atoms with van der Waals surface area (Å²) in [6.45, 7) is 4.19. The summed E-state index contributed by atoms with van der Waals surface area (Å²) in [6, 6.07) is 13.2. The van der Waals surface area contributed by atoms with Crippen molar-refractivity contribution in [3.63, 3.8) is 0 Å². The summed E-state index contributed by atoms with van der Waals surface area (Å²) >= 11 is 12.4. The van der Waals surface area contributed by atoms with Gasteiger partial charge in [0.05, 0.1) is 0 Å². The molecule has 0 bridgehead atoms. The molecule has 0 saturated heterocycles. The van der Waals surface area contributed by atoms with Crippen molar-refractivity contribution in [2.24, 2.45) is 0 Å². The second-order valence-electron chi connectivity index (χ2n) is 8.95. The molecule has 1 aliphatic rings. The maximum atomic E-state index is 13.3. The van der Waals surface area contributed by atoms with Crippen LogP contribution in [-0.2, 0) is 29.0 Å². The number of rotatable bonds is 9. The predicted molar refractivity (Wildman–Crippen MR) is 136 cm³/mol. The van der Waals surface area contributed by atoms with E-state index in [9.17, 15) is 9.59 Å². The van der Waals surface area contributed by atoms with Crippen LogP contribution in [0.4, 0.5) is 0 Å². The highest BCUT2D eigenvalue weighted by atomic mass is 35.5. The number of carbonyl (C=O) groups excluding carboxylic acids is 2. The molecule has 2 aromatic rings. The van der Waals surface area contributed by atoms with Crippen LogP contribution >= 0.6 is 23.2 Å². The fourth-order valence-corrected chi connectivity index (χ4v) is 4.79. The molecule has 3 rings (SSSR count). The number of nitrogens with zero attached hydrogens (tertiary/aromatic N) is 1. The maximum absolute atomic E-state index is 13.3. The number of carbonyl (C=O) groups is 2. The van der Waals surface area contributed by atoms with Crippen molar-refractivity contribution in [3.8, 4) is 0 Å². The van der Waals surface area contributed by atoms with Crippen LogP contribution in [0.1, 0.15) is 69.1 Å². The third kappa shape index (κ3) is 7.48. The predicted octanol–water partition coefficient (Wildman–Crippen LogP) is 6.35. The number of halogens is 2. The van der Waals surface area contributed by atoms with Crippen molar-refractivity contribution in [3.05, 3.63) is 69.2 Å². The Morgan fingerprint density at radius 1 is 1.03 bits per heavy atom. The van der Waals surface area contributed by atoms with Crippen molar-refractivity contribution in [1.82, 2.24) is 10.2 Å². The zero-order valence-corrected chi connectivity index (χ0v) is 21.1. The van der Waals surface area contributed by atoms with Gasteiger partial charge in [0.1, 0.15) is 6.04 Å². The SMILES string of the molecule is CCc1ccc(CCC(=O)N(Cc2ccc(Cl)cc2Cl)[C@H](C)C(=O)NC2CCCCC2)cc1. The molecule has 1 atom stereocenters. The van der Waals surface area contributed by atoms with Crippen molar-refractivity contribution in [2.75, 3.05) is 0 Å². The molecule has 1 N–H and O–H groups in total. The second kappa shape index (κ2) is 12.4. The zero-order valence-electron chi connectivity index (χ0n) is 19.6. The number of amides is 2. The Morgan fingerprint density at radius 2 is 1.70 bits per heavy atom. The van der Waals surface area contributed by atoms with E-state index in [1.54, 1.807) is 24.0 Å². The van der Waals surface area contributed by atoms with Gasteiger partial charge in [-0.1, -0.05) is 79.7 Å². The van der Waals surface area contributed by atoms with Gasteiger partial charge in [-0.25, -0.2) is 0 Å². The molecule has 2 amide bonds. The Bertz CT molecular complexity index is 940. The van der Waals surface area contributed by atoms with Gasteiger partial charge in [0, 0.05) is 29.1 Å². The van der Waals surface area contributed by atoms with E-state index in [1.165, 1.54) is 12.0 Å². The van der Waals surface area contributed by atoms with Crippen LogP contribution in [0.2, 0.25) is 10.0 Å². The second-order valence-corrected chi connectivity index (χ2v) is 9.79. The molecule has 1 saturated carbocycles. The van der Waals surface area contributed by atoms with Gasteiger partial charge in [-0.2, -0.15) is 0 Å². The number of hydrogen-bond donors (Lipinski definition) is 1. The van der Waals surface area contributed by atoms with E-state index in [1.807, 2.05) is 6.07 Å². The first-order valence-corrected chi connectivity index (χ1v) is 12.7. The van der Waals surface area contributed by atoms with Gasteiger partial charge in [-0.15, -0.1) is 0 Å². The third-order valence-electron chi connectivity index (χ3n) is 6.53. The quantitative estimate of drug-likeness (QED) is 0.446. The van der Waals surface area contributed by atoms with Gasteiger partial charge in [0.15, 0.2) is 0 Å². The number of aryl methyl sites for hydroxylation is 2. The minimum absolute atomic E-state index is 0.0631. The Labute approximate surface area is 207 Å². The van der Waals surface area contributed by atoms with E-state index in [0.717, 1.165) is 43.2 Å². The lowest BCUT2D eigenvalue weighted by atomic mass is 9.95. The summed E-state index contributed by atoms with van der Waals surface area (Å²) < 4.78 is 0. The van der Waals surface area contributed by atoms with Gasteiger partial charge in [-0.05, 0) is 61.4 Å². The summed E-state index contributed by atoms with van der Waals surface area (Å²) in [6.07, 6.45) is 7.45. The van der Waals surface area contributed by atoms with Gasteiger partial charge >= 0.3 is 0 Å². The topological polar surface area (TPSA) is 49.4 Å². The van der Waals surface area contributed by atoms with E-state index in [4.69, 9.17) is 23.2 Å². The molecule has 0 aromatic heterocycles. The summed E-state index contributed by atoms with van der Waals surface area (Å²) in [5.41, 5.74) is 3.17. The molecule has 0 radical (unpaired) electrons. The molecule has 178 valence electrons. The van der Waals surface area contributed by atoms with E-state index in [-0.39, 0.29) is 24.4 Å². The Balaban J connectivity index is 1.72. The van der Waals surface area contributed by atoms with Crippen molar-refractivity contribution >= 4 is 35.0 Å². The lowest BCUT2D eigenvalue weighted by Gasteiger charge is -2.31. The maximum Gasteiger partial charge on any atom is 0.242 e. The van der Waals surface area contributed by atoms with Crippen molar-refractivity contribution in [2.45, 2.75) is 83.8 Å². The van der Waals surface area contributed by atoms with Crippen LogP contribution in [0.15, 0.2) is 42.5 Å². The van der Waals surface area contributed by atoms with E-state index < -0.39 is 6.04 Å². The van der Waals surface area contributed by atoms with Gasteiger partial charge in [0.25, 0.3) is 0 Å². The van der Waals surface area contributed by atoms with Crippen LogP contribution in [0.3, 0.4) is 0 Å². The van der Waals surface area contributed by atoms with E-state index in [2.05, 4.69) is 36.5 Å². The van der Waals surface area contributed by atoms with Gasteiger partial charge in [-0.3, -0.25) is 9.59 Å². The first-order valence-electron chi connectivity index (χ1n) is 12.0. The highest BCUT2D eigenvalue weighted by Gasteiger charge is 2.28. The first-order chi connectivity index (χ1) is 15.9. The molecule has 0 heterocycles. The molecule has 1 aliphatic carbocycles. The monoisotopic (exact) mass is 488 g/mol. The van der Waals surface area contributed by atoms with Crippen LogP contribution in [0, 0.1) is 0 Å². The number of benzene rings is 2. The minimum Gasteiger partial charge on any atom is -0.352 e. The van der Waals surface area contributed by atoms with E-state index in [0.29, 0.717) is 22.9 Å². The van der Waals surface area contributed by atoms with Crippen molar-refractivity contribution in [1.29, 1.82) is 0 Å². The van der Waals surface area contributed by atoms with Crippen LogP contribution in [0.5, 0.6) is 0 Å². The molecule has 0 aliphatic heterocycles. The molecular weight excluding hydrogens is 455 g/mol. The van der Waals surface area contributed by atoms with Crippen LogP contribution < -0.4 is 5.32 Å². The molecule has 0 spiro atoms. The average Bonchev–Trinajstić information content (AvgIpc) is 2.82. The smallest absolute Gasteiger partial charge is 0.242 e. The van der Waals surface area contributed by atoms with E-state index >= 15 is 0 Å².